The number of aromatic nitrogens is 3. The van der Waals surface area contributed by atoms with Crippen molar-refractivity contribution < 1.29 is 4.52 Å². The Morgan fingerprint density at radius 2 is 1.91 bits per heavy atom. The van der Waals surface area contributed by atoms with E-state index in [0.29, 0.717) is 5.95 Å². The molecule has 0 fully saturated rings. The molecule has 118 valence electrons. The first kappa shape index (κ1) is 15.9. The van der Waals surface area contributed by atoms with Gasteiger partial charge in [0.25, 0.3) is 0 Å². The van der Waals surface area contributed by atoms with Crippen LogP contribution in [0.3, 0.4) is 0 Å². The summed E-state index contributed by atoms with van der Waals surface area (Å²) in [6, 6.07) is 9.94. The van der Waals surface area contributed by atoms with Crippen LogP contribution in [-0.4, -0.2) is 27.6 Å². The molecular formula is C16H16N4OS2. The molecule has 0 saturated heterocycles. The molecule has 1 N–H and O–H groups in total. The Kier molecular flexibility index (Phi) is 4.88. The molecular weight excluding hydrogens is 328 g/mol. The zero-order valence-corrected chi connectivity index (χ0v) is 14.7. The average molecular weight is 344 g/mol. The fourth-order valence-corrected chi connectivity index (χ4v) is 3.33. The van der Waals surface area contributed by atoms with Crippen molar-refractivity contribution in [1.82, 2.24) is 15.1 Å². The second-order valence-electron chi connectivity index (χ2n) is 4.71. The van der Waals surface area contributed by atoms with E-state index in [1.54, 1.807) is 18.0 Å². The molecule has 0 radical (unpaired) electrons. The minimum Gasteiger partial charge on any atom is -0.360 e. The van der Waals surface area contributed by atoms with Gasteiger partial charge in [-0.3, -0.25) is 0 Å². The third-order valence-corrected chi connectivity index (χ3v) is 4.75. The highest BCUT2D eigenvalue weighted by atomic mass is 32.2. The normalized spacial score (nSPS) is 10.7. The van der Waals surface area contributed by atoms with Crippen LogP contribution in [0, 0.1) is 6.92 Å². The number of thioether (sulfide) groups is 2. The zero-order valence-electron chi connectivity index (χ0n) is 13.0. The van der Waals surface area contributed by atoms with Crippen LogP contribution in [0.5, 0.6) is 0 Å². The molecule has 3 aromatic rings. The van der Waals surface area contributed by atoms with Gasteiger partial charge in [-0.05, 0) is 37.6 Å². The predicted molar refractivity (Wildman–Crippen MR) is 95.6 cm³/mol. The van der Waals surface area contributed by atoms with Crippen LogP contribution in [0.1, 0.15) is 5.76 Å². The minimum absolute atomic E-state index is 0.552. The van der Waals surface area contributed by atoms with Crippen molar-refractivity contribution in [2.45, 2.75) is 16.8 Å². The van der Waals surface area contributed by atoms with Gasteiger partial charge in [0.1, 0.15) is 10.8 Å². The third kappa shape index (κ3) is 3.35. The summed E-state index contributed by atoms with van der Waals surface area (Å²) in [6.07, 6.45) is 5.75. The lowest BCUT2D eigenvalue weighted by atomic mass is 10.2. The Hall–Kier alpha value is -1.99. The summed E-state index contributed by atoms with van der Waals surface area (Å²) in [5.74, 6) is 1.31. The highest BCUT2D eigenvalue weighted by molar-refractivity contribution is 7.99. The van der Waals surface area contributed by atoms with Crippen LogP contribution in [-0.2, 0) is 0 Å². The number of hydrogen-bond donors (Lipinski definition) is 1. The Morgan fingerprint density at radius 3 is 2.70 bits per heavy atom. The van der Waals surface area contributed by atoms with Crippen LogP contribution in [0.25, 0.3) is 11.3 Å². The number of nitrogens with zero attached hydrogens (tertiary/aromatic N) is 3. The van der Waals surface area contributed by atoms with Crippen LogP contribution in [0.15, 0.2) is 51.0 Å². The lowest BCUT2D eigenvalue weighted by Crippen LogP contribution is -1.99. The fourth-order valence-electron chi connectivity index (χ4n) is 2.21. The van der Waals surface area contributed by atoms with E-state index in [4.69, 9.17) is 4.52 Å². The first-order valence-electron chi connectivity index (χ1n) is 6.96. The molecule has 0 spiro atoms. The topological polar surface area (TPSA) is 63.8 Å². The van der Waals surface area contributed by atoms with Crippen molar-refractivity contribution in [3.05, 3.63) is 42.3 Å². The third-order valence-electron chi connectivity index (χ3n) is 3.29. The van der Waals surface area contributed by atoms with Crippen molar-refractivity contribution >= 4 is 35.2 Å². The summed E-state index contributed by atoms with van der Waals surface area (Å²) >= 11 is 3.22. The first-order valence-corrected chi connectivity index (χ1v) is 9.41. The van der Waals surface area contributed by atoms with Crippen molar-refractivity contribution in [3.63, 3.8) is 0 Å². The standard InChI is InChI=1S/C16H16N4OS2/c1-10-14(15(23-3)20-21-10)12-8-9-17-16(19-12)18-11-6-4-5-7-13(11)22-2/h4-9H,1-3H3,(H,17,18,19). The summed E-state index contributed by atoms with van der Waals surface area (Å²) in [5, 5.41) is 8.17. The predicted octanol–water partition coefficient (Wildman–Crippen LogP) is 4.63. The van der Waals surface area contributed by atoms with E-state index in [1.165, 1.54) is 11.8 Å². The van der Waals surface area contributed by atoms with Crippen LogP contribution >= 0.6 is 23.5 Å². The quantitative estimate of drug-likeness (QED) is 0.677. The fraction of sp³-hybridized carbons (Fsp3) is 0.188. The zero-order chi connectivity index (χ0) is 16.2. The molecule has 0 aliphatic rings. The molecule has 1 aromatic carbocycles. The highest BCUT2D eigenvalue weighted by Crippen LogP contribution is 2.32. The molecule has 0 bridgehead atoms. The van der Waals surface area contributed by atoms with Gasteiger partial charge in [-0.15, -0.1) is 23.5 Å². The Morgan fingerprint density at radius 1 is 1.09 bits per heavy atom. The van der Waals surface area contributed by atoms with E-state index < -0.39 is 0 Å². The Labute approximate surface area is 143 Å². The molecule has 2 heterocycles. The molecule has 3 rings (SSSR count). The molecule has 0 unspecified atom stereocenters. The minimum atomic E-state index is 0.552. The number of anilines is 2. The molecule has 5 nitrogen and oxygen atoms in total. The molecule has 7 heteroatoms. The van der Waals surface area contributed by atoms with Crippen molar-refractivity contribution in [3.8, 4) is 11.3 Å². The van der Waals surface area contributed by atoms with Crippen molar-refractivity contribution in [2.75, 3.05) is 17.8 Å². The molecule has 0 atom stereocenters. The Balaban J connectivity index is 1.96. The van der Waals surface area contributed by atoms with Gasteiger partial charge >= 0.3 is 0 Å². The number of hydrogen-bond acceptors (Lipinski definition) is 7. The molecule has 0 saturated carbocycles. The highest BCUT2D eigenvalue weighted by Gasteiger charge is 2.16. The number of rotatable bonds is 5. The van der Waals surface area contributed by atoms with E-state index in [2.05, 4.69) is 26.5 Å². The second-order valence-corrected chi connectivity index (χ2v) is 6.36. The van der Waals surface area contributed by atoms with Crippen LogP contribution < -0.4 is 5.32 Å². The lowest BCUT2D eigenvalue weighted by Gasteiger charge is -2.09. The van der Waals surface area contributed by atoms with Crippen LogP contribution in [0.2, 0.25) is 0 Å². The number of para-hydroxylation sites is 1. The van der Waals surface area contributed by atoms with Crippen LogP contribution in [0.4, 0.5) is 11.6 Å². The SMILES string of the molecule is CSc1ccccc1Nc1nccc(-c2c(SC)noc2C)n1. The largest absolute Gasteiger partial charge is 0.360 e. The van der Waals surface area contributed by atoms with Gasteiger partial charge in [0.2, 0.25) is 5.95 Å². The number of aryl methyl sites for hydroxylation is 1. The number of nitrogens with one attached hydrogen (secondary N) is 1. The first-order chi connectivity index (χ1) is 11.2. The van der Waals surface area contributed by atoms with Gasteiger partial charge in [-0.25, -0.2) is 9.97 Å². The maximum Gasteiger partial charge on any atom is 0.227 e. The van der Waals surface area contributed by atoms with Crippen molar-refractivity contribution in [1.29, 1.82) is 0 Å². The molecule has 2 aromatic heterocycles. The summed E-state index contributed by atoms with van der Waals surface area (Å²) < 4.78 is 5.28. The number of benzene rings is 1. The second kappa shape index (κ2) is 7.06. The smallest absolute Gasteiger partial charge is 0.227 e. The van der Waals surface area contributed by atoms with E-state index >= 15 is 0 Å². The van der Waals surface area contributed by atoms with Gasteiger partial charge in [-0.1, -0.05) is 17.3 Å². The maximum atomic E-state index is 5.28. The summed E-state index contributed by atoms with van der Waals surface area (Å²) in [5.41, 5.74) is 2.71. The molecule has 0 aliphatic carbocycles. The van der Waals surface area contributed by atoms with Gasteiger partial charge in [0, 0.05) is 11.1 Å². The lowest BCUT2D eigenvalue weighted by molar-refractivity contribution is 0.384. The summed E-state index contributed by atoms with van der Waals surface area (Å²) in [7, 11) is 0. The molecule has 0 aliphatic heterocycles. The van der Waals surface area contributed by atoms with Gasteiger partial charge in [0.05, 0.1) is 16.9 Å². The van der Waals surface area contributed by atoms with Gasteiger partial charge in [0.15, 0.2) is 0 Å². The Bertz CT molecular complexity index is 819. The van der Waals surface area contributed by atoms with E-state index in [9.17, 15) is 0 Å². The summed E-state index contributed by atoms with van der Waals surface area (Å²) in [6.45, 7) is 1.89. The molecule has 0 amide bonds. The summed E-state index contributed by atoms with van der Waals surface area (Å²) in [4.78, 5) is 10.1. The van der Waals surface area contributed by atoms with Gasteiger partial charge < -0.3 is 9.84 Å². The maximum absolute atomic E-state index is 5.28. The average Bonchev–Trinajstić information content (AvgIpc) is 2.96. The van der Waals surface area contributed by atoms with Crippen molar-refractivity contribution in [2.24, 2.45) is 0 Å². The monoisotopic (exact) mass is 344 g/mol. The van der Waals surface area contributed by atoms with E-state index in [-0.39, 0.29) is 0 Å². The van der Waals surface area contributed by atoms with Gasteiger partial charge in [-0.2, -0.15) is 0 Å². The van der Waals surface area contributed by atoms with E-state index in [0.717, 1.165) is 32.6 Å². The van der Waals surface area contributed by atoms with E-state index in [1.807, 2.05) is 43.7 Å². The molecule has 23 heavy (non-hydrogen) atoms.